The third-order valence-electron chi connectivity index (χ3n) is 3.17. The highest BCUT2D eigenvalue weighted by molar-refractivity contribution is 6.05. The Balaban J connectivity index is -0.00000133. The first-order valence-corrected chi connectivity index (χ1v) is 6.69. The molecule has 0 bridgehead atoms. The Morgan fingerprint density at radius 1 is 1.04 bits per heavy atom. The van der Waals surface area contributed by atoms with Gasteiger partial charge in [0.2, 0.25) is 5.91 Å². The van der Waals surface area contributed by atoms with E-state index in [-0.39, 0.29) is 49.6 Å². The minimum atomic E-state index is -1.59. The number of rotatable bonds is 7. The Bertz CT molecular complexity index is 482. The van der Waals surface area contributed by atoms with Crippen molar-refractivity contribution < 1.29 is 9.59 Å². The first-order valence-electron chi connectivity index (χ1n) is 6.69. The van der Waals surface area contributed by atoms with Gasteiger partial charge >= 0.3 is 0 Å². The highest BCUT2D eigenvalue weighted by atomic mass is 35.5. The van der Waals surface area contributed by atoms with Crippen LogP contribution in [-0.4, -0.2) is 17.4 Å². The first kappa shape index (κ1) is 27.0. The van der Waals surface area contributed by atoms with Gasteiger partial charge in [0.25, 0.3) is 0 Å². The van der Waals surface area contributed by atoms with Crippen molar-refractivity contribution in [1.82, 2.24) is 0 Å². The number of Topliss-reactive ketones (excluding diaryl/α,β-unsaturated/α-hetero) is 1. The van der Waals surface area contributed by atoms with E-state index in [0.717, 1.165) is 5.56 Å². The molecule has 134 valence electrons. The van der Waals surface area contributed by atoms with Crippen LogP contribution in [0.4, 0.5) is 0 Å². The minimum absolute atomic E-state index is 0. The summed E-state index contributed by atoms with van der Waals surface area (Å²) in [5.74, 6) is -1.95. The van der Waals surface area contributed by atoms with E-state index in [4.69, 9.17) is 17.2 Å². The van der Waals surface area contributed by atoms with Crippen LogP contribution in [0.25, 0.3) is 0 Å². The van der Waals surface area contributed by atoms with Crippen LogP contribution in [0.5, 0.6) is 0 Å². The lowest BCUT2D eigenvalue weighted by molar-refractivity contribution is -0.136. The summed E-state index contributed by atoms with van der Waals surface area (Å²) in [6.07, 6.45) is 0.535. The van der Waals surface area contributed by atoms with Crippen molar-refractivity contribution in [3.8, 4) is 0 Å². The van der Waals surface area contributed by atoms with Crippen molar-refractivity contribution in [2.75, 3.05) is 0 Å². The van der Waals surface area contributed by atoms with Crippen LogP contribution in [-0.2, 0) is 16.0 Å². The Labute approximate surface area is 156 Å². The second-order valence-corrected chi connectivity index (χ2v) is 5.65. The average molecular weight is 387 g/mol. The van der Waals surface area contributed by atoms with Gasteiger partial charge in [-0.3, -0.25) is 9.59 Å². The largest absolute Gasteiger partial charge is 0.369 e. The number of nitrogens with two attached hydrogens (primary N) is 3. The maximum absolute atomic E-state index is 12.4. The molecule has 1 aromatic rings. The van der Waals surface area contributed by atoms with Gasteiger partial charge in [0.15, 0.2) is 5.78 Å². The molecule has 1 amide bonds. The molecule has 6 N–H and O–H groups in total. The molecule has 0 aliphatic carbocycles. The maximum atomic E-state index is 12.4. The minimum Gasteiger partial charge on any atom is -0.369 e. The van der Waals surface area contributed by atoms with E-state index in [2.05, 4.69) is 0 Å². The number of carbonyl (C=O) groups is 2. The molecule has 1 atom stereocenters. The fourth-order valence-electron chi connectivity index (χ4n) is 2.17. The van der Waals surface area contributed by atoms with Gasteiger partial charge in [0.1, 0.15) is 5.66 Å². The number of halogens is 3. The number of hydrogen-bond acceptors (Lipinski definition) is 4. The van der Waals surface area contributed by atoms with Crippen LogP contribution < -0.4 is 17.2 Å². The summed E-state index contributed by atoms with van der Waals surface area (Å²) in [5, 5.41) is 0. The SMILES string of the molecule is CC(C)C[C@@H](C(N)=O)C(=O)C(N)(N)Cc1ccccc1.Cl.Cl.Cl. The molecule has 23 heavy (non-hydrogen) atoms. The zero-order valence-corrected chi connectivity index (χ0v) is 15.7. The van der Waals surface area contributed by atoms with Gasteiger partial charge in [0, 0.05) is 6.42 Å². The van der Waals surface area contributed by atoms with E-state index in [0.29, 0.717) is 6.42 Å². The van der Waals surface area contributed by atoms with Crippen molar-refractivity contribution in [2.24, 2.45) is 29.0 Å². The second-order valence-electron chi connectivity index (χ2n) is 5.65. The molecule has 0 saturated carbocycles. The Kier molecular flexibility index (Phi) is 13.7. The molecule has 0 saturated heterocycles. The molecule has 0 radical (unpaired) electrons. The third-order valence-corrected chi connectivity index (χ3v) is 3.17. The van der Waals surface area contributed by atoms with Gasteiger partial charge in [-0.15, -0.1) is 37.2 Å². The van der Waals surface area contributed by atoms with E-state index in [1.54, 1.807) is 0 Å². The van der Waals surface area contributed by atoms with Gasteiger partial charge in [-0.25, -0.2) is 0 Å². The van der Waals surface area contributed by atoms with E-state index < -0.39 is 23.3 Å². The first-order chi connectivity index (χ1) is 9.24. The lowest BCUT2D eigenvalue weighted by Gasteiger charge is -2.27. The second kappa shape index (κ2) is 11.6. The van der Waals surface area contributed by atoms with Crippen LogP contribution >= 0.6 is 37.2 Å². The van der Waals surface area contributed by atoms with Gasteiger partial charge < -0.3 is 17.2 Å². The number of primary amides is 1. The topological polar surface area (TPSA) is 112 Å². The smallest absolute Gasteiger partial charge is 0.228 e. The standard InChI is InChI=1S/C15H23N3O2.3ClH/c1-10(2)8-12(14(16)20)13(19)15(17,18)9-11-6-4-3-5-7-11;;;/h3-7,10,12H,8-9,17-18H2,1-2H3,(H2,16,20);3*1H/t12-;;;/m1.../s1. The molecule has 8 heteroatoms. The van der Waals surface area contributed by atoms with E-state index >= 15 is 0 Å². The summed E-state index contributed by atoms with van der Waals surface area (Å²) >= 11 is 0. The molecule has 1 aromatic carbocycles. The van der Waals surface area contributed by atoms with Gasteiger partial charge in [0.05, 0.1) is 5.92 Å². The van der Waals surface area contributed by atoms with Crippen molar-refractivity contribution in [3.63, 3.8) is 0 Å². The Morgan fingerprint density at radius 3 is 1.91 bits per heavy atom. The molecule has 1 rings (SSSR count). The average Bonchev–Trinajstić information content (AvgIpc) is 2.35. The molecule has 5 nitrogen and oxygen atoms in total. The van der Waals surface area contributed by atoms with Crippen molar-refractivity contribution >= 4 is 48.9 Å². The maximum Gasteiger partial charge on any atom is 0.228 e. The zero-order chi connectivity index (χ0) is 15.3. The van der Waals surface area contributed by atoms with Crippen LogP contribution in [0.3, 0.4) is 0 Å². The number of hydrogen-bond donors (Lipinski definition) is 3. The van der Waals surface area contributed by atoms with E-state index in [1.165, 1.54) is 0 Å². The predicted molar refractivity (Wildman–Crippen MR) is 100 cm³/mol. The van der Waals surface area contributed by atoms with Crippen molar-refractivity contribution in [3.05, 3.63) is 35.9 Å². The highest BCUT2D eigenvalue weighted by Crippen LogP contribution is 2.18. The van der Waals surface area contributed by atoms with E-state index in [1.807, 2.05) is 44.2 Å². The van der Waals surface area contributed by atoms with Crippen LogP contribution in [0, 0.1) is 11.8 Å². The fourth-order valence-corrected chi connectivity index (χ4v) is 2.17. The van der Waals surface area contributed by atoms with Crippen LogP contribution in [0.15, 0.2) is 30.3 Å². The van der Waals surface area contributed by atoms with Crippen molar-refractivity contribution in [2.45, 2.75) is 32.4 Å². The molecule has 0 fully saturated rings. The normalized spacial score (nSPS) is 11.5. The number of benzene rings is 1. The molecule has 0 aliphatic rings. The zero-order valence-electron chi connectivity index (χ0n) is 13.2. The Hall–Kier alpha value is -0.850. The molecule has 0 unspecified atom stereocenters. The van der Waals surface area contributed by atoms with Gasteiger partial charge in [-0.1, -0.05) is 44.2 Å². The molecule has 0 spiro atoms. The summed E-state index contributed by atoms with van der Waals surface area (Å²) in [5.41, 5.74) is 16.4. The number of ketones is 1. The number of amides is 1. The molecule has 0 aliphatic heterocycles. The highest BCUT2D eigenvalue weighted by Gasteiger charge is 2.38. The summed E-state index contributed by atoms with van der Waals surface area (Å²) in [7, 11) is 0. The van der Waals surface area contributed by atoms with Crippen LogP contribution in [0.2, 0.25) is 0 Å². The summed E-state index contributed by atoms with van der Waals surface area (Å²) in [6, 6.07) is 9.23. The Morgan fingerprint density at radius 2 is 1.52 bits per heavy atom. The molecule has 0 heterocycles. The summed E-state index contributed by atoms with van der Waals surface area (Å²) < 4.78 is 0. The lowest BCUT2D eigenvalue weighted by Crippen LogP contribution is -2.61. The molecular weight excluding hydrogens is 361 g/mol. The quantitative estimate of drug-likeness (QED) is 0.490. The fraction of sp³-hybridized carbons (Fsp3) is 0.467. The molecule has 0 aromatic heterocycles. The third kappa shape index (κ3) is 8.53. The van der Waals surface area contributed by atoms with Crippen LogP contribution in [0.1, 0.15) is 25.8 Å². The van der Waals surface area contributed by atoms with Crippen molar-refractivity contribution in [1.29, 1.82) is 0 Å². The van der Waals surface area contributed by atoms with E-state index in [9.17, 15) is 9.59 Å². The van der Waals surface area contributed by atoms with Gasteiger partial charge in [-0.05, 0) is 17.9 Å². The number of carbonyl (C=O) groups excluding carboxylic acids is 2. The molecular formula is C15H26Cl3N3O2. The predicted octanol–water partition coefficient (Wildman–Crippen LogP) is 1.82. The lowest BCUT2D eigenvalue weighted by atomic mass is 9.84. The summed E-state index contributed by atoms with van der Waals surface area (Å²) in [4.78, 5) is 23.9. The summed E-state index contributed by atoms with van der Waals surface area (Å²) in [6.45, 7) is 3.82. The monoisotopic (exact) mass is 385 g/mol. The van der Waals surface area contributed by atoms with Gasteiger partial charge in [-0.2, -0.15) is 0 Å².